The highest BCUT2D eigenvalue weighted by Crippen LogP contribution is 2.32. The van der Waals surface area contributed by atoms with Gasteiger partial charge in [0.1, 0.15) is 5.56 Å². The molecule has 0 fully saturated rings. The quantitative estimate of drug-likeness (QED) is 0.798. The lowest BCUT2D eigenvalue weighted by atomic mass is 9.91. The van der Waals surface area contributed by atoms with E-state index in [0.717, 1.165) is 20.7 Å². The van der Waals surface area contributed by atoms with E-state index in [1.54, 1.807) is 19.1 Å². The van der Waals surface area contributed by atoms with E-state index in [1.165, 1.54) is 14.0 Å². The van der Waals surface area contributed by atoms with Crippen LogP contribution in [0.15, 0.2) is 30.3 Å². The third-order valence-corrected chi connectivity index (χ3v) is 4.10. The van der Waals surface area contributed by atoms with E-state index >= 15 is 0 Å². The number of amides is 2. The molecule has 5 nitrogen and oxygen atoms in total. The van der Waals surface area contributed by atoms with Gasteiger partial charge in [-0.15, -0.1) is 0 Å². The third kappa shape index (κ3) is 4.32. The van der Waals surface area contributed by atoms with Crippen molar-refractivity contribution in [2.75, 3.05) is 4.90 Å². The van der Waals surface area contributed by atoms with Gasteiger partial charge in [0.15, 0.2) is 0 Å². The number of halogens is 1. The predicted molar refractivity (Wildman–Crippen MR) is 105 cm³/mol. The molecule has 0 bridgehead atoms. The molecule has 27 heavy (non-hydrogen) atoms. The lowest BCUT2D eigenvalue weighted by Crippen LogP contribution is -2.36. The normalized spacial score (nSPS) is 12.2. The highest BCUT2D eigenvalue weighted by molar-refractivity contribution is 6.21. The van der Waals surface area contributed by atoms with Crippen LogP contribution in [0.4, 0.5) is 10.1 Å². The summed E-state index contributed by atoms with van der Waals surface area (Å²) >= 11 is 0. The Labute approximate surface area is 159 Å². The van der Waals surface area contributed by atoms with Gasteiger partial charge in [0.25, 0.3) is 5.91 Å². The molecule has 144 valence electrons. The average molecular weight is 371 g/mol. The van der Waals surface area contributed by atoms with Crippen LogP contribution >= 0.6 is 0 Å². The van der Waals surface area contributed by atoms with E-state index in [4.69, 9.17) is 0 Å². The Hall–Kier alpha value is -2.76. The summed E-state index contributed by atoms with van der Waals surface area (Å²) in [5.74, 6) is -1.97. The third-order valence-electron chi connectivity index (χ3n) is 4.10. The van der Waals surface area contributed by atoms with Gasteiger partial charge in [-0.3, -0.25) is 9.59 Å². The van der Waals surface area contributed by atoms with Crippen molar-refractivity contribution in [2.24, 2.45) is 12.5 Å². The van der Waals surface area contributed by atoms with Gasteiger partial charge in [-0.05, 0) is 30.9 Å². The number of aryl methyl sites for hydroxylation is 2. The van der Waals surface area contributed by atoms with Crippen LogP contribution in [-0.2, 0) is 11.8 Å². The maximum Gasteiger partial charge on any atom is 0.271 e. The summed E-state index contributed by atoms with van der Waals surface area (Å²) in [4.78, 5) is 26.5. The second-order valence-electron chi connectivity index (χ2n) is 7.74. The molecule has 0 unspecified atom stereocenters. The van der Waals surface area contributed by atoms with Crippen LogP contribution in [0.3, 0.4) is 0 Å². The lowest BCUT2D eigenvalue weighted by molar-refractivity contribution is -0.115. The first-order valence-corrected chi connectivity index (χ1v) is 8.77. The minimum absolute atomic E-state index is 0.0751. The SMILES string of the molecule is CC(=O)N(C(=O)c1c(C)nn(C)c1F)c1ccccc1C(C)=CC(C)(C)C. The maximum atomic E-state index is 14.4. The zero-order valence-electron chi connectivity index (χ0n) is 16.9. The molecule has 0 aliphatic heterocycles. The minimum Gasteiger partial charge on any atom is -0.274 e. The Kier molecular flexibility index (Phi) is 5.68. The van der Waals surface area contributed by atoms with Gasteiger partial charge in [-0.2, -0.15) is 9.49 Å². The van der Waals surface area contributed by atoms with Gasteiger partial charge in [0.05, 0.1) is 11.4 Å². The second kappa shape index (κ2) is 7.47. The Morgan fingerprint density at radius 1 is 1.19 bits per heavy atom. The number of nitrogens with zero attached hydrogens (tertiary/aromatic N) is 3. The molecule has 0 spiro atoms. The number of carbonyl (C=O) groups is 2. The molecular formula is C21H26FN3O2. The van der Waals surface area contributed by atoms with Crippen LogP contribution in [0, 0.1) is 18.3 Å². The van der Waals surface area contributed by atoms with Gasteiger partial charge in [-0.25, -0.2) is 9.58 Å². The zero-order chi connectivity index (χ0) is 20.5. The number of allylic oxidation sites excluding steroid dienone is 2. The van der Waals surface area contributed by atoms with Crippen LogP contribution in [0.2, 0.25) is 0 Å². The van der Waals surface area contributed by atoms with E-state index in [-0.39, 0.29) is 16.7 Å². The molecule has 2 rings (SSSR count). The van der Waals surface area contributed by atoms with Crippen molar-refractivity contribution in [1.82, 2.24) is 9.78 Å². The fourth-order valence-electron chi connectivity index (χ4n) is 3.14. The molecular weight excluding hydrogens is 345 g/mol. The van der Waals surface area contributed by atoms with Gasteiger partial charge in [0, 0.05) is 19.5 Å². The van der Waals surface area contributed by atoms with E-state index in [0.29, 0.717) is 5.69 Å². The summed E-state index contributed by atoms with van der Waals surface area (Å²) in [6.45, 7) is 11.0. The molecule has 1 heterocycles. The summed E-state index contributed by atoms with van der Waals surface area (Å²) in [7, 11) is 1.42. The molecule has 0 saturated carbocycles. The van der Waals surface area contributed by atoms with E-state index in [1.807, 2.05) is 19.1 Å². The molecule has 1 aromatic heterocycles. The summed E-state index contributed by atoms with van der Waals surface area (Å²) in [6, 6.07) is 7.14. The van der Waals surface area contributed by atoms with Crippen molar-refractivity contribution in [2.45, 2.75) is 41.5 Å². The van der Waals surface area contributed by atoms with E-state index in [2.05, 4.69) is 31.9 Å². The van der Waals surface area contributed by atoms with Crippen molar-refractivity contribution in [3.63, 3.8) is 0 Å². The van der Waals surface area contributed by atoms with Crippen LogP contribution in [0.25, 0.3) is 5.57 Å². The van der Waals surface area contributed by atoms with E-state index in [9.17, 15) is 14.0 Å². The highest BCUT2D eigenvalue weighted by Gasteiger charge is 2.30. The van der Waals surface area contributed by atoms with Crippen molar-refractivity contribution >= 4 is 23.1 Å². The molecule has 0 radical (unpaired) electrons. The Morgan fingerprint density at radius 2 is 1.78 bits per heavy atom. The summed E-state index contributed by atoms with van der Waals surface area (Å²) < 4.78 is 15.4. The van der Waals surface area contributed by atoms with Gasteiger partial charge < -0.3 is 0 Å². The summed E-state index contributed by atoms with van der Waals surface area (Å²) in [6.07, 6.45) is 2.07. The molecule has 0 N–H and O–H groups in total. The number of imide groups is 1. The van der Waals surface area contributed by atoms with Crippen LogP contribution < -0.4 is 4.90 Å². The molecule has 0 saturated heterocycles. The molecule has 1 aromatic carbocycles. The molecule has 0 atom stereocenters. The Morgan fingerprint density at radius 3 is 2.26 bits per heavy atom. The van der Waals surface area contributed by atoms with Crippen molar-refractivity contribution in [3.8, 4) is 0 Å². The van der Waals surface area contributed by atoms with Crippen molar-refractivity contribution in [1.29, 1.82) is 0 Å². The number of benzene rings is 1. The van der Waals surface area contributed by atoms with Crippen LogP contribution in [0.5, 0.6) is 0 Å². The van der Waals surface area contributed by atoms with Gasteiger partial charge in [-0.1, -0.05) is 45.0 Å². The van der Waals surface area contributed by atoms with Crippen LogP contribution in [0.1, 0.15) is 56.2 Å². The van der Waals surface area contributed by atoms with Gasteiger partial charge >= 0.3 is 0 Å². The molecule has 2 amide bonds. The number of anilines is 1. The molecule has 0 aliphatic carbocycles. The summed E-state index contributed by atoms with van der Waals surface area (Å²) in [5, 5.41) is 3.94. The van der Waals surface area contributed by atoms with Crippen molar-refractivity contribution in [3.05, 3.63) is 53.1 Å². The highest BCUT2D eigenvalue weighted by atomic mass is 19.1. The smallest absolute Gasteiger partial charge is 0.271 e. The Bertz CT molecular complexity index is 920. The molecule has 6 heteroatoms. The average Bonchev–Trinajstić information content (AvgIpc) is 2.78. The number of hydrogen-bond donors (Lipinski definition) is 0. The zero-order valence-corrected chi connectivity index (χ0v) is 16.9. The lowest BCUT2D eigenvalue weighted by Gasteiger charge is -2.23. The number of aromatic nitrogens is 2. The Balaban J connectivity index is 2.64. The molecule has 2 aromatic rings. The molecule has 0 aliphatic rings. The first-order valence-electron chi connectivity index (χ1n) is 8.77. The van der Waals surface area contributed by atoms with Crippen LogP contribution in [-0.4, -0.2) is 21.6 Å². The standard InChI is InChI=1S/C21H26FN3O2/c1-13(12-21(4,5)6)16-10-8-9-11-17(16)25(15(3)26)20(27)18-14(2)23-24(7)19(18)22/h8-12H,1-7H3. The fraction of sp³-hybridized carbons (Fsp3) is 0.381. The predicted octanol–water partition coefficient (Wildman–Crippen LogP) is 4.51. The number of carbonyl (C=O) groups excluding carboxylic acids is 2. The number of hydrogen-bond acceptors (Lipinski definition) is 3. The van der Waals surface area contributed by atoms with Gasteiger partial charge in [0.2, 0.25) is 11.9 Å². The number of para-hydroxylation sites is 1. The topological polar surface area (TPSA) is 55.2 Å². The largest absolute Gasteiger partial charge is 0.274 e. The minimum atomic E-state index is -0.761. The first kappa shape index (κ1) is 20.6. The maximum absolute atomic E-state index is 14.4. The van der Waals surface area contributed by atoms with E-state index < -0.39 is 17.8 Å². The van der Waals surface area contributed by atoms with Crippen molar-refractivity contribution < 1.29 is 14.0 Å². The second-order valence-corrected chi connectivity index (χ2v) is 7.74. The fourth-order valence-corrected chi connectivity index (χ4v) is 3.14. The number of rotatable bonds is 3. The summed E-state index contributed by atoms with van der Waals surface area (Å²) in [5.41, 5.74) is 2.08. The first-order chi connectivity index (χ1) is 12.4. The monoisotopic (exact) mass is 371 g/mol.